The van der Waals surface area contributed by atoms with Crippen molar-refractivity contribution >= 4 is 11.0 Å². The van der Waals surface area contributed by atoms with Gasteiger partial charge in [0.2, 0.25) is 0 Å². The zero-order valence-corrected chi connectivity index (χ0v) is 10.2. The molecule has 0 aliphatic carbocycles. The van der Waals surface area contributed by atoms with Crippen molar-refractivity contribution in [3.05, 3.63) is 40.6 Å². The molecule has 0 saturated carbocycles. The van der Waals surface area contributed by atoms with Crippen LogP contribution in [0.3, 0.4) is 0 Å². The third-order valence-corrected chi connectivity index (χ3v) is 3.09. The standard InChI is InChI=1S/C13H13FN2O3/c14-9-1-2-11-10(7-9)15-8-12(17)16(11)4-3-13-18-5-6-19-13/h1-2,7-8,13H,3-6H2. The second kappa shape index (κ2) is 5.07. The van der Waals surface area contributed by atoms with Crippen molar-refractivity contribution in [3.63, 3.8) is 0 Å². The highest BCUT2D eigenvalue weighted by molar-refractivity contribution is 5.74. The normalized spacial score (nSPS) is 16.3. The minimum atomic E-state index is -0.368. The zero-order chi connectivity index (χ0) is 13.2. The predicted octanol–water partition coefficient (Wildman–Crippen LogP) is 1.30. The maximum atomic E-state index is 13.1. The van der Waals surface area contributed by atoms with Gasteiger partial charge in [0.05, 0.1) is 30.4 Å². The van der Waals surface area contributed by atoms with Crippen LogP contribution in [0.25, 0.3) is 11.0 Å². The van der Waals surface area contributed by atoms with Crippen molar-refractivity contribution in [2.75, 3.05) is 13.2 Å². The van der Waals surface area contributed by atoms with Crippen LogP contribution in [-0.4, -0.2) is 29.1 Å². The van der Waals surface area contributed by atoms with Crippen molar-refractivity contribution in [1.29, 1.82) is 0 Å². The van der Waals surface area contributed by atoms with Crippen LogP contribution in [0, 0.1) is 5.82 Å². The lowest BCUT2D eigenvalue weighted by Crippen LogP contribution is -2.23. The lowest BCUT2D eigenvalue weighted by Gasteiger charge is -2.12. The Bertz CT molecular complexity index is 650. The first-order chi connectivity index (χ1) is 9.24. The van der Waals surface area contributed by atoms with Crippen molar-refractivity contribution < 1.29 is 13.9 Å². The van der Waals surface area contributed by atoms with Gasteiger partial charge in [-0.25, -0.2) is 9.37 Å². The highest BCUT2D eigenvalue weighted by Gasteiger charge is 2.16. The van der Waals surface area contributed by atoms with Gasteiger partial charge in [0.15, 0.2) is 6.29 Å². The Kier molecular flexibility index (Phi) is 3.27. The van der Waals surface area contributed by atoms with E-state index in [1.165, 1.54) is 18.3 Å². The quantitative estimate of drug-likeness (QED) is 0.838. The lowest BCUT2D eigenvalue weighted by atomic mass is 10.2. The molecule has 5 nitrogen and oxygen atoms in total. The number of hydrogen-bond acceptors (Lipinski definition) is 4. The Balaban J connectivity index is 1.92. The van der Waals surface area contributed by atoms with Gasteiger partial charge in [-0.2, -0.15) is 0 Å². The van der Waals surface area contributed by atoms with Crippen LogP contribution in [0.15, 0.2) is 29.2 Å². The fourth-order valence-corrected chi connectivity index (χ4v) is 2.18. The summed E-state index contributed by atoms with van der Waals surface area (Å²) in [6.07, 6.45) is 1.52. The van der Waals surface area contributed by atoms with E-state index in [1.54, 1.807) is 10.6 Å². The summed E-state index contributed by atoms with van der Waals surface area (Å²) in [5, 5.41) is 0. The maximum Gasteiger partial charge on any atom is 0.269 e. The van der Waals surface area contributed by atoms with E-state index in [0.29, 0.717) is 37.2 Å². The molecule has 2 aromatic rings. The second-order valence-electron chi connectivity index (χ2n) is 4.34. The summed E-state index contributed by atoms with van der Waals surface area (Å²) in [4.78, 5) is 15.8. The minimum Gasteiger partial charge on any atom is -0.350 e. The number of ether oxygens (including phenoxy) is 2. The molecule has 0 radical (unpaired) electrons. The molecule has 100 valence electrons. The second-order valence-corrected chi connectivity index (χ2v) is 4.34. The topological polar surface area (TPSA) is 53.4 Å². The molecule has 1 saturated heterocycles. The average Bonchev–Trinajstić information content (AvgIpc) is 2.91. The zero-order valence-electron chi connectivity index (χ0n) is 10.2. The van der Waals surface area contributed by atoms with E-state index in [-0.39, 0.29) is 17.7 Å². The van der Waals surface area contributed by atoms with E-state index in [4.69, 9.17) is 9.47 Å². The van der Waals surface area contributed by atoms with Gasteiger partial charge in [-0.3, -0.25) is 4.79 Å². The van der Waals surface area contributed by atoms with Crippen LogP contribution >= 0.6 is 0 Å². The number of aromatic nitrogens is 2. The van der Waals surface area contributed by atoms with Crippen LogP contribution < -0.4 is 5.56 Å². The first-order valence-corrected chi connectivity index (χ1v) is 6.12. The molecule has 3 rings (SSSR count). The van der Waals surface area contributed by atoms with Crippen molar-refractivity contribution in [1.82, 2.24) is 9.55 Å². The largest absolute Gasteiger partial charge is 0.350 e. The molecule has 19 heavy (non-hydrogen) atoms. The van der Waals surface area contributed by atoms with Gasteiger partial charge in [-0.05, 0) is 12.1 Å². The van der Waals surface area contributed by atoms with E-state index >= 15 is 0 Å². The molecule has 2 heterocycles. The molecule has 1 aliphatic heterocycles. The Morgan fingerprint density at radius 1 is 1.37 bits per heavy atom. The third-order valence-electron chi connectivity index (χ3n) is 3.09. The number of fused-ring (bicyclic) bond motifs is 1. The number of benzene rings is 1. The number of nitrogens with zero attached hydrogens (tertiary/aromatic N) is 2. The molecule has 6 heteroatoms. The first-order valence-electron chi connectivity index (χ1n) is 6.12. The molecular formula is C13H13FN2O3. The number of aryl methyl sites for hydroxylation is 1. The molecule has 0 N–H and O–H groups in total. The molecule has 0 spiro atoms. The summed E-state index contributed by atoms with van der Waals surface area (Å²) in [5.41, 5.74) is 0.872. The van der Waals surface area contributed by atoms with Gasteiger partial charge >= 0.3 is 0 Å². The molecule has 1 aliphatic rings. The number of hydrogen-bond donors (Lipinski definition) is 0. The summed E-state index contributed by atoms with van der Waals surface area (Å²) < 4.78 is 25.4. The predicted molar refractivity (Wildman–Crippen MR) is 66.3 cm³/mol. The SMILES string of the molecule is O=c1cnc2cc(F)ccc2n1CCC1OCCO1. The van der Waals surface area contributed by atoms with Gasteiger partial charge in [0.25, 0.3) is 5.56 Å². The van der Waals surface area contributed by atoms with Crippen LogP contribution in [0.2, 0.25) is 0 Å². The van der Waals surface area contributed by atoms with E-state index in [1.807, 2.05) is 0 Å². The smallest absolute Gasteiger partial charge is 0.269 e. The minimum absolute atomic E-state index is 0.211. The Labute approximate surface area is 108 Å². The van der Waals surface area contributed by atoms with Crippen molar-refractivity contribution in [2.45, 2.75) is 19.3 Å². The summed E-state index contributed by atoms with van der Waals surface area (Å²) in [6, 6.07) is 4.20. The van der Waals surface area contributed by atoms with Gasteiger partial charge in [0, 0.05) is 19.0 Å². The average molecular weight is 264 g/mol. The molecule has 0 bridgehead atoms. The molecule has 0 amide bonds. The molecule has 1 aromatic carbocycles. The first kappa shape index (κ1) is 12.3. The van der Waals surface area contributed by atoms with Crippen LogP contribution in [0.1, 0.15) is 6.42 Å². The Morgan fingerprint density at radius 3 is 2.95 bits per heavy atom. The highest BCUT2D eigenvalue weighted by Crippen LogP contribution is 2.14. The van der Waals surface area contributed by atoms with Crippen LogP contribution in [-0.2, 0) is 16.0 Å². The molecule has 1 aromatic heterocycles. The van der Waals surface area contributed by atoms with Crippen LogP contribution in [0.5, 0.6) is 0 Å². The van der Waals surface area contributed by atoms with Gasteiger partial charge in [-0.1, -0.05) is 0 Å². The highest BCUT2D eigenvalue weighted by atomic mass is 19.1. The van der Waals surface area contributed by atoms with Gasteiger partial charge in [-0.15, -0.1) is 0 Å². The monoisotopic (exact) mass is 264 g/mol. The van der Waals surface area contributed by atoms with Crippen molar-refractivity contribution in [2.24, 2.45) is 0 Å². The Morgan fingerprint density at radius 2 is 2.16 bits per heavy atom. The number of halogens is 1. The summed E-state index contributed by atoms with van der Waals surface area (Å²) in [5.74, 6) is -0.368. The van der Waals surface area contributed by atoms with Gasteiger partial charge in [0.1, 0.15) is 5.82 Å². The fourth-order valence-electron chi connectivity index (χ4n) is 2.18. The summed E-state index contributed by atoms with van der Waals surface area (Å²) >= 11 is 0. The maximum absolute atomic E-state index is 13.1. The van der Waals surface area contributed by atoms with E-state index < -0.39 is 0 Å². The molecular weight excluding hydrogens is 251 g/mol. The van der Waals surface area contributed by atoms with Gasteiger partial charge < -0.3 is 14.0 Å². The molecule has 0 atom stereocenters. The summed E-state index contributed by atoms with van der Waals surface area (Å²) in [7, 11) is 0. The third kappa shape index (κ3) is 2.50. The van der Waals surface area contributed by atoms with E-state index in [2.05, 4.69) is 4.98 Å². The van der Waals surface area contributed by atoms with Crippen LogP contribution in [0.4, 0.5) is 4.39 Å². The Hall–Kier alpha value is -1.79. The fraction of sp³-hybridized carbons (Fsp3) is 0.385. The molecule has 1 fully saturated rings. The summed E-state index contributed by atoms with van der Waals surface area (Å²) in [6.45, 7) is 1.62. The van der Waals surface area contributed by atoms with Crippen molar-refractivity contribution in [3.8, 4) is 0 Å². The lowest BCUT2D eigenvalue weighted by molar-refractivity contribution is -0.0490. The van der Waals surface area contributed by atoms with E-state index in [9.17, 15) is 9.18 Å². The van der Waals surface area contributed by atoms with E-state index in [0.717, 1.165) is 0 Å². The number of rotatable bonds is 3. The molecule has 0 unspecified atom stereocenters.